The Bertz CT molecular complexity index is 606. The molecule has 3 nitrogen and oxygen atoms in total. The first-order chi connectivity index (χ1) is 9.76. The maximum Gasteiger partial charge on any atom is 0.221 e. The lowest BCUT2D eigenvalue weighted by Gasteiger charge is -2.06. The number of aromatic nitrogens is 2. The molecule has 0 N–H and O–H groups in total. The predicted octanol–water partition coefficient (Wildman–Crippen LogP) is 3.78. The summed E-state index contributed by atoms with van der Waals surface area (Å²) in [6.07, 6.45) is 1.09. The summed E-state index contributed by atoms with van der Waals surface area (Å²) >= 11 is 5.11. The number of ether oxygens (including phenoxy) is 1. The minimum Gasteiger partial charge on any atom is -0.473 e. The monoisotopic (exact) mass is 350 g/mol. The number of alkyl halides is 1. The highest BCUT2D eigenvalue weighted by molar-refractivity contribution is 9.09. The van der Waals surface area contributed by atoms with Crippen molar-refractivity contribution in [2.45, 2.75) is 30.4 Å². The van der Waals surface area contributed by atoms with Gasteiger partial charge in [-0.2, -0.15) is 4.98 Å². The highest BCUT2D eigenvalue weighted by Gasteiger charge is 2.26. The molecule has 1 aliphatic rings. The minimum absolute atomic E-state index is 0.187. The molecule has 0 fully saturated rings. The molecule has 1 aromatic carbocycles. The third-order valence-electron chi connectivity index (χ3n) is 3.25. The zero-order valence-corrected chi connectivity index (χ0v) is 13.6. The van der Waals surface area contributed by atoms with E-state index in [1.165, 1.54) is 5.56 Å². The van der Waals surface area contributed by atoms with Gasteiger partial charge in [-0.1, -0.05) is 58.0 Å². The van der Waals surface area contributed by atoms with Crippen molar-refractivity contribution in [3.05, 3.63) is 47.2 Å². The molecule has 2 heterocycles. The zero-order chi connectivity index (χ0) is 13.9. The van der Waals surface area contributed by atoms with Crippen molar-refractivity contribution in [2.75, 3.05) is 5.33 Å². The SMILES string of the molecule is Cc1nc(SCc2ccccc2)nc2c1CC(CBr)O2. The number of halogens is 1. The molecule has 0 saturated carbocycles. The number of benzene rings is 1. The van der Waals surface area contributed by atoms with E-state index in [1.54, 1.807) is 11.8 Å². The van der Waals surface area contributed by atoms with Gasteiger partial charge in [-0.05, 0) is 12.5 Å². The van der Waals surface area contributed by atoms with Crippen LogP contribution in [0.25, 0.3) is 0 Å². The number of fused-ring (bicyclic) bond motifs is 1. The molecule has 0 saturated heterocycles. The summed E-state index contributed by atoms with van der Waals surface area (Å²) in [5.41, 5.74) is 3.46. The van der Waals surface area contributed by atoms with Crippen LogP contribution in [0.4, 0.5) is 0 Å². The molecule has 1 aliphatic heterocycles. The van der Waals surface area contributed by atoms with Crippen LogP contribution in [0.1, 0.15) is 16.8 Å². The maximum absolute atomic E-state index is 5.82. The third-order valence-corrected chi connectivity index (χ3v) is 4.89. The van der Waals surface area contributed by atoms with E-state index in [0.717, 1.165) is 39.8 Å². The zero-order valence-electron chi connectivity index (χ0n) is 11.2. The van der Waals surface area contributed by atoms with Crippen LogP contribution in [-0.4, -0.2) is 21.4 Å². The van der Waals surface area contributed by atoms with E-state index in [0.29, 0.717) is 0 Å². The topological polar surface area (TPSA) is 35.0 Å². The summed E-state index contributed by atoms with van der Waals surface area (Å²) in [6, 6.07) is 10.4. The van der Waals surface area contributed by atoms with Gasteiger partial charge in [0.2, 0.25) is 5.88 Å². The third kappa shape index (κ3) is 2.99. The average Bonchev–Trinajstić information content (AvgIpc) is 2.90. The molecule has 0 amide bonds. The van der Waals surface area contributed by atoms with E-state index >= 15 is 0 Å². The summed E-state index contributed by atoms with van der Waals surface area (Å²) < 4.78 is 5.82. The van der Waals surface area contributed by atoms with Crippen LogP contribution in [0, 0.1) is 6.92 Å². The van der Waals surface area contributed by atoms with Crippen LogP contribution < -0.4 is 4.74 Å². The Kier molecular flexibility index (Phi) is 4.27. The largest absolute Gasteiger partial charge is 0.473 e. The Hall–Kier alpha value is -1.07. The summed E-state index contributed by atoms with van der Waals surface area (Å²) in [4.78, 5) is 9.12. The second kappa shape index (κ2) is 6.14. The van der Waals surface area contributed by atoms with E-state index in [9.17, 15) is 0 Å². The number of aryl methyl sites for hydroxylation is 1. The second-order valence-electron chi connectivity index (χ2n) is 4.75. The van der Waals surface area contributed by atoms with Gasteiger partial charge in [-0.25, -0.2) is 4.98 Å². The fourth-order valence-electron chi connectivity index (χ4n) is 2.18. The van der Waals surface area contributed by atoms with Gasteiger partial charge in [0, 0.05) is 28.8 Å². The molecule has 20 heavy (non-hydrogen) atoms. The Labute approximate surface area is 131 Å². The van der Waals surface area contributed by atoms with Crippen molar-refractivity contribution >= 4 is 27.7 Å². The van der Waals surface area contributed by atoms with E-state index in [1.807, 2.05) is 13.0 Å². The first-order valence-corrected chi connectivity index (χ1v) is 8.64. The molecular formula is C15H15BrN2OS. The molecule has 1 unspecified atom stereocenters. The standard InChI is InChI=1S/C15H15BrN2OS/c1-10-13-7-12(8-16)19-14(13)18-15(17-10)20-9-11-5-3-2-4-6-11/h2-6,12H,7-9H2,1H3. The molecular weight excluding hydrogens is 336 g/mol. The van der Waals surface area contributed by atoms with E-state index in [2.05, 4.69) is 50.2 Å². The van der Waals surface area contributed by atoms with Crippen LogP contribution in [0.15, 0.2) is 35.5 Å². The summed E-state index contributed by atoms with van der Waals surface area (Å²) in [5.74, 6) is 1.64. The predicted molar refractivity (Wildman–Crippen MR) is 84.7 cm³/mol. The van der Waals surface area contributed by atoms with Gasteiger partial charge < -0.3 is 4.74 Å². The summed E-state index contributed by atoms with van der Waals surface area (Å²) in [7, 11) is 0. The van der Waals surface area contributed by atoms with Crippen LogP contribution in [0.5, 0.6) is 5.88 Å². The number of hydrogen-bond donors (Lipinski definition) is 0. The Morgan fingerprint density at radius 1 is 1.30 bits per heavy atom. The fraction of sp³-hybridized carbons (Fsp3) is 0.333. The van der Waals surface area contributed by atoms with Gasteiger partial charge in [0.25, 0.3) is 0 Å². The second-order valence-corrected chi connectivity index (χ2v) is 6.34. The van der Waals surface area contributed by atoms with Crippen LogP contribution in [-0.2, 0) is 12.2 Å². The number of hydrogen-bond acceptors (Lipinski definition) is 4. The smallest absolute Gasteiger partial charge is 0.221 e. The van der Waals surface area contributed by atoms with Gasteiger partial charge in [0.1, 0.15) is 6.10 Å². The molecule has 3 rings (SSSR count). The molecule has 1 atom stereocenters. The van der Waals surface area contributed by atoms with Crippen molar-refractivity contribution in [3.63, 3.8) is 0 Å². The Morgan fingerprint density at radius 3 is 2.85 bits per heavy atom. The first-order valence-electron chi connectivity index (χ1n) is 6.53. The molecule has 0 spiro atoms. The lowest BCUT2D eigenvalue weighted by atomic mass is 10.1. The summed E-state index contributed by atoms with van der Waals surface area (Å²) in [6.45, 7) is 2.03. The molecule has 5 heteroatoms. The first kappa shape index (κ1) is 13.9. The normalized spacial score (nSPS) is 16.8. The molecule has 1 aromatic heterocycles. The fourth-order valence-corrected chi connectivity index (χ4v) is 3.38. The van der Waals surface area contributed by atoms with E-state index < -0.39 is 0 Å². The molecule has 2 aromatic rings. The molecule has 0 bridgehead atoms. The number of thioether (sulfide) groups is 1. The molecule has 104 valence electrons. The van der Waals surface area contributed by atoms with E-state index in [4.69, 9.17) is 4.74 Å². The van der Waals surface area contributed by atoms with Gasteiger partial charge in [0.15, 0.2) is 5.16 Å². The maximum atomic E-state index is 5.82. The quantitative estimate of drug-likeness (QED) is 0.477. The average molecular weight is 351 g/mol. The Morgan fingerprint density at radius 2 is 2.10 bits per heavy atom. The number of nitrogens with zero attached hydrogens (tertiary/aromatic N) is 2. The molecule has 0 radical (unpaired) electrons. The van der Waals surface area contributed by atoms with Gasteiger partial charge in [0.05, 0.1) is 0 Å². The van der Waals surface area contributed by atoms with Crippen LogP contribution in [0.3, 0.4) is 0 Å². The molecule has 0 aliphatic carbocycles. The highest BCUT2D eigenvalue weighted by atomic mass is 79.9. The lowest BCUT2D eigenvalue weighted by Crippen LogP contribution is -2.14. The van der Waals surface area contributed by atoms with Crippen molar-refractivity contribution in [1.29, 1.82) is 0 Å². The highest BCUT2D eigenvalue weighted by Crippen LogP contribution is 2.32. The van der Waals surface area contributed by atoms with Crippen molar-refractivity contribution in [1.82, 2.24) is 9.97 Å². The lowest BCUT2D eigenvalue weighted by molar-refractivity contribution is 0.250. The summed E-state index contributed by atoms with van der Waals surface area (Å²) in [5, 5.41) is 1.62. The van der Waals surface area contributed by atoms with Crippen LogP contribution >= 0.6 is 27.7 Å². The van der Waals surface area contributed by atoms with Crippen molar-refractivity contribution < 1.29 is 4.74 Å². The Balaban J connectivity index is 1.74. The van der Waals surface area contributed by atoms with Crippen molar-refractivity contribution in [3.8, 4) is 5.88 Å². The minimum atomic E-state index is 0.187. The van der Waals surface area contributed by atoms with Gasteiger partial charge in [-0.3, -0.25) is 0 Å². The van der Waals surface area contributed by atoms with Crippen molar-refractivity contribution in [2.24, 2.45) is 0 Å². The van der Waals surface area contributed by atoms with Gasteiger partial charge >= 0.3 is 0 Å². The van der Waals surface area contributed by atoms with E-state index in [-0.39, 0.29) is 6.10 Å². The van der Waals surface area contributed by atoms with Crippen LogP contribution in [0.2, 0.25) is 0 Å². The number of rotatable bonds is 4. The van der Waals surface area contributed by atoms with Gasteiger partial charge in [-0.15, -0.1) is 0 Å².